The summed E-state index contributed by atoms with van der Waals surface area (Å²) in [7, 11) is 1.55. The predicted molar refractivity (Wildman–Crippen MR) is 108 cm³/mol. The Labute approximate surface area is 170 Å². The summed E-state index contributed by atoms with van der Waals surface area (Å²) >= 11 is 5.85. The molecule has 3 aromatic rings. The number of carboxylic acids is 1. The summed E-state index contributed by atoms with van der Waals surface area (Å²) in [5.74, 6) is -0.697. The fourth-order valence-electron chi connectivity index (χ4n) is 2.62. The molecule has 2 aromatic carbocycles. The van der Waals surface area contributed by atoms with E-state index in [2.05, 4.69) is 5.10 Å². The van der Waals surface area contributed by atoms with Crippen LogP contribution in [0.2, 0.25) is 5.02 Å². The Bertz CT molecular complexity index is 1190. The quantitative estimate of drug-likeness (QED) is 0.692. The summed E-state index contributed by atoms with van der Waals surface area (Å²) in [5.41, 5.74) is -0.504. The zero-order chi connectivity index (χ0) is 21.0. The molecule has 0 radical (unpaired) electrons. The third kappa shape index (κ3) is 4.18. The van der Waals surface area contributed by atoms with Gasteiger partial charge >= 0.3 is 5.97 Å². The van der Waals surface area contributed by atoms with E-state index in [0.717, 1.165) is 10.2 Å². The molecule has 8 heteroatoms. The van der Waals surface area contributed by atoms with Crippen molar-refractivity contribution >= 4 is 29.7 Å². The summed E-state index contributed by atoms with van der Waals surface area (Å²) in [6.45, 7) is 0. The minimum atomic E-state index is -1.36. The number of benzene rings is 2. The molecule has 0 aliphatic carbocycles. The molecule has 0 fully saturated rings. The fourth-order valence-corrected chi connectivity index (χ4v) is 2.74. The lowest BCUT2D eigenvalue weighted by molar-refractivity contribution is 0.0688. The fraction of sp³-hybridized carbons (Fsp3) is 0.0476. The van der Waals surface area contributed by atoms with Gasteiger partial charge in [-0.1, -0.05) is 35.9 Å². The van der Waals surface area contributed by atoms with E-state index in [1.807, 2.05) is 0 Å². The Kier molecular flexibility index (Phi) is 5.77. The molecule has 144 valence electrons. The van der Waals surface area contributed by atoms with Gasteiger partial charge in [-0.3, -0.25) is 4.79 Å². The zero-order valence-electron chi connectivity index (χ0n) is 15.2. The molecule has 0 amide bonds. The van der Waals surface area contributed by atoms with Crippen LogP contribution in [0.5, 0.6) is 5.75 Å². The summed E-state index contributed by atoms with van der Waals surface area (Å²) in [5, 5.41) is 23.5. The lowest BCUT2D eigenvalue weighted by Crippen LogP contribution is -2.28. The lowest BCUT2D eigenvalue weighted by Gasteiger charge is -2.09. The highest BCUT2D eigenvalue weighted by Crippen LogP contribution is 2.18. The van der Waals surface area contributed by atoms with Gasteiger partial charge in [-0.2, -0.15) is 15.0 Å². The van der Waals surface area contributed by atoms with E-state index in [4.69, 9.17) is 16.3 Å². The molecular weight excluding hydrogens is 394 g/mol. The maximum Gasteiger partial charge on any atom is 0.357 e. The average Bonchev–Trinajstić information content (AvgIpc) is 2.73. The average molecular weight is 408 g/mol. The van der Waals surface area contributed by atoms with Crippen LogP contribution in [0.25, 0.3) is 17.8 Å². The summed E-state index contributed by atoms with van der Waals surface area (Å²) in [6, 6.07) is 14.9. The molecule has 7 nitrogen and oxygen atoms in total. The van der Waals surface area contributed by atoms with Crippen LogP contribution in [0.15, 0.2) is 53.3 Å². The Morgan fingerprint density at radius 1 is 1.17 bits per heavy atom. The first kappa shape index (κ1) is 19.9. The molecule has 0 bridgehead atoms. The monoisotopic (exact) mass is 407 g/mol. The number of nitrogens with zero attached hydrogens (tertiary/aromatic N) is 3. The van der Waals surface area contributed by atoms with Crippen LogP contribution in [0.4, 0.5) is 0 Å². The van der Waals surface area contributed by atoms with Crippen molar-refractivity contribution < 1.29 is 14.6 Å². The van der Waals surface area contributed by atoms with Crippen molar-refractivity contribution in [2.75, 3.05) is 7.11 Å². The van der Waals surface area contributed by atoms with Crippen molar-refractivity contribution in [3.63, 3.8) is 0 Å². The van der Waals surface area contributed by atoms with Crippen molar-refractivity contribution in [1.82, 2.24) is 9.78 Å². The molecule has 0 saturated carbocycles. The molecule has 0 saturated heterocycles. The van der Waals surface area contributed by atoms with Gasteiger partial charge in [0.05, 0.1) is 12.8 Å². The van der Waals surface area contributed by atoms with E-state index in [-0.39, 0.29) is 11.1 Å². The molecule has 0 aliphatic rings. The molecule has 1 heterocycles. The summed E-state index contributed by atoms with van der Waals surface area (Å²) in [6.07, 6.45) is 2.99. The number of nitriles is 1. The highest BCUT2D eigenvalue weighted by atomic mass is 35.5. The second-order valence-electron chi connectivity index (χ2n) is 5.85. The second-order valence-corrected chi connectivity index (χ2v) is 6.29. The predicted octanol–water partition coefficient (Wildman–Crippen LogP) is 3.63. The van der Waals surface area contributed by atoms with Crippen LogP contribution < -0.4 is 10.3 Å². The maximum atomic E-state index is 12.8. The second kappa shape index (κ2) is 8.42. The third-order valence-electron chi connectivity index (χ3n) is 4.07. The zero-order valence-corrected chi connectivity index (χ0v) is 15.9. The number of halogens is 1. The minimum Gasteiger partial charge on any atom is -0.497 e. The van der Waals surface area contributed by atoms with E-state index in [0.29, 0.717) is 16.5 Å². The first-order valence-corrected chi connectivity index (χ1v) is 8.71. The molecule has 0 atom stereocenters. The van der Waals surface area contributed by atoms with Gasteiger partial charge in [-0.25, -0.2) is 4.79 Å². The largest absolute Gasteiger partial charge is 0.497 e. The van der Waals surface area contributed by atoms with Gasteiger partial charge in [-0.15, -0.1) is 0 Å². The maximum absolute atomic E-state index is 12.8. The van der Waals surface area contributed by atoms with Crippen LogP contribution in [0.3, 0.4) is 0 Å². The summed E-state index contributed by atoms with van der Waals surface area (Å²) in [4.78, 5) is 24.6. The standard InChI is InChI=1S/C21H14ClN3O4/c1-29-16-9-2-13(3-10-16)4-11-17-18(12-23)20(26)25(24-19(17)21(27)28)15-7-5-14(22)6-8-15/h2-11H,1H3,(H,27,28)/b11-4-. The number of ether oxygens (including phenoxy) is 1. The summed E-state index contributed by atoms with van der Waals surface area (Å²) < 4.78 is 5.97. The van der Waals surface area contributed by atoms with Crippen molar-refractivity contribution in [3.05, 3.63) is 86.3 Å². The Balaban J connectivity index is 2.16. The number of methoxy groups -OCH3 is 1. The lowest BCUT2D eigenvalue weighted by atomic mass is 10.1. The van der Waals surface area contributed by atoms with E-state index in [9.17, 15) is 20.0 Å². The molecule has 1 aromatic heterocycles. The highest BCUT2D eigenvalue weighted by Gasteiger charge is 2.21. The van der Waals surface area contributed by atoms with Gasteiger partial charge in [0.1, 0.15) is 17.4 Å². The van der Waals surface area contributed by atoms with E-state index < -0.39 is 17.2 Å². The van der Waals surface area contributed by atoms with Crippen molar-refractivity contribution in [3.8, 4) is 17.5 Å². The van der Waals surface area contributed by atoms with Gasteiger partial charge in [0.2, 0.25) is 0 Å². The SMILES string of the molecule is COc1ccc(/C=C\c2c(C(=O)O)nn(-c3ccc(Cl)cc3)c(=O)c2C#N)cc1. The van der Waals surface area contributed by atoms with Crippen molar-refractivity contribution in [1.29, 1.82) is 5.26 Å². The molecular formula is C21H14ClN3O4. The Morgan fingerprint density at radius 2 is 1.83 bits per heavy atom. The third-order valence-corrected chi connectivity index (χ3v) is 4.33. The highest BCUT2D eigenvalue weighted by molar-refractivity contribution is 6.30. The number of aromatic carboxylic acids is 1. The molecule has 0 aliphatic heterocycles. The van der Waals surface area contributed by atoms with Crippen LogP contribution in [-0.4, -0.2) is 28.0 Å². The number of hydrogen-bond acceptors (Lipinski definition) is 5. The number of aromatic nitrogens is 2. The number of rotatable bonds is 5. The van der Waals surface area contributed by atoms with Crippen LogP contribution in [-0.2, 0) is 0 Å². The van der Waals surface area contributed by atoms with Crippen molar-refractivity contribution in [2.45, 2.75) is 0 Å². The normalized spacial score (nSPS) is 10.7. The first-order chi connectivity index (χ1) is 13.9. The van der Waals surface area contributed by atoms with Gasteiger partial charge in [-0.05, 0) is 42.0 Å². The first-order valence-electron chi connectivity index (χ1n) is 8.33. The molecule has 0 unspecified atom stereocenters. The molecule has 1 N–H and O–H groups in total. The van der Waals surface area contributed by atoms with Gasteiger partial charge in [0, 0.05) is 10.6 Å². The van der Waals surface area contributed by atoms with E-state index in [1.165, 1.54) is 30.3 Å². The molecule has 3 rings (SSSR count). The number of carbonyl (C=O) groups is 1. The van der Waals surface area contributed by atoms with Crippen LogP contribution >= 0.6 is 11.6 Å². The van der Waals surface area contributed by atoms with E-state index >= 15 is 0 Å². The molecule has 0 spiro atoms. The van der Waals surface area contributed by atoms with Crippen LogP contribution in [0.1, 0.15) is 27.2 Å². The Morgan fingerprint density at radius 3 is 2.38 bits per heavy atom. The van der Waals surface area contributed by atoms with Crippen LogP contribution in [0, 0.1) is 11.3 Å². The topological polar surface area (TPSA) is 105 Å². The number of hydrogen-bond donors (Lipinski definition) is 1. The van der Waals surface area contributed by atoms with Gasteiger partial charge in [0.25, 0.3) is 5.56 Å². The van der Waals surface area contributed by atoms with Crippen molar-refractivity contribution in [2.24, 2.45) is 0 Å². The Hall–Kier alpha value is -3.89. The molecule has 29 heavy (non-hydrogen) atoms. The minimum absolute atomic E-state index is 0.0639. The van der Waals surface area contributed by atoms with E-state index in [1.54, 1.807) is 43.5 Å². The van der Waals surface area contributed by atoms with Gasteiger partial charge < -0.3 is 9.84 Å². The smallest absolute Gasteiger partial charge is 0.357 e. The van der Waals surface area contributed by atoms with Gasteiger partial charge in [0.15, 0.2) is 5.69 Å². The number of carboxylic acid groups (broad SMARTS) is 1.